The minimum Gasteiger partial charge on any atom is -0.317 e. The molecule has 1 atom stereocenters. The van der Waals surface area contributed by atoms with Gasteiger partial charge in [0.15, 0.2) is 0 Å². The van der Waals surface area contributed by atoms with Gasteiger partial charge in [-0.05, 0) is 51.7 Å². The van der Waals surface area contributed by atoms with Crippen LogP contribution in [0.25, 0.3) is 0 Å². The van der Waals surface area contributed by atoms with Gasteiger partial charge in [0.1, 0.15) is 0 Å². The van der Waals surface area contributed by atoms with Crippen molar-refractivity contribution < 1.29 is 0 Å². The first-order chi connectivity index (χ1) is 6.92. The van der Waals surface area contributed by atoms with E-state index in [1.165, 1.54) is 58.2 Å². The summed E-state index contributed by atoms with van der Waals surface area (Å²) in [5.41, 5.74) is 0. The van der Waals surface area contributed by atoms with Crippen LogP contribution < -0.4 is 5.32 Å². The number of hydrogen-bond donors (Lipinski definition) is 1. The average Bonchev–Trinajstić information content (AvgIpc) is 2.30. The standard InChI is InChI=1S/C12H24N2/c1-2-11-5-3-4-10-14(11)12-6-8-13-9-7-12/h11-13H,2-10H2,1H3/t11-/m0/s1. The van der Waals surface area contributed by atoms with Gasteiger partial charge in [0.2, 0.25) is 0 Å². The molecule has 0 bridgehead atoms. The summed E-state index contributed by atoms with van der Waals surface area (Å²) in [6.45, 7) is 6.18. The Morgan fingerprint density at radius 1 is 1.14 bits per heavy atom. The molecule has 0 aromatic carbocycles. The van der Waals surface area contributed by atoms with Gasteiger partial charge in [-0.15, -0.1) is 0 Å². The molecular weight excluding hydrogens is 172 g/mol. The molecule has 0 spiro atoms. The fourth-order valence-corrected chi connectivity index (χ4v) is 3.08. The Bertz CT molecular complexity index is 164. The van der Waals surface area contributed by atoms with Gasteiger partial charge in [0, 0.05) is 12.1 Å². The summed E-state index contributed by atoms with van der Waals surface area (Å²) >= 11 is 0. The van der Waals surface area contributed by atoms with Crippen LogP contribution in [0.4, 0.5) is 0 Å². The third kappa shape index (κ3) is 2.29. The minimum atomic E-state index is 0.890. The maximum absolute atomic E-state index is 3.46. The Hall–Kier alpha value is -0.0800. The molecule has 1 N–H and O–H groups in total. The van der Waals surface area contributed by atoms with Crippen LogP contribution in [-0.4, -0.2) is 36.6 Å². The van der Waals surface area contributed by atoms with E-state index in [4.69, 9.17) is 0 Å². The van der Waals surface area contributed by atoms with Gasteiger partial charge < -0.3 is 5.32 Å². The molecule has 2 aliphatic heterocycles. The number of nitrogens with zero attached hydrogens (tertiary/aromatic N) is 1. The van der Waals surface area contributed by atoms with Crippen molar-refractivity contribution in [2.24, 2.45) is 0 Å². The highest BCUT2D eigenvalue weighted by atomic mass is 15.2. The van der Waals surface area contributed by atoms with Gasteiger partial charge >= 0.3 is 0 Å². The van der Waals surface area contributed by atoms with Crippen LogP contribution >= 0.6 is 0 Å². The van der Waals surface area contributed by atoms with E-state index in [0.717, 1.165) is 12.1 Å². The maximum atomic E-state index is 3.46. The van der Waals surface area contributed by atoms with Crippen LogP contribution in [0.2, 0.25) is 0 Å². The zero-order chi connectivity index (χ0) is 9.80. The maximum Gasteiger partial charge on any atom is 0.0122 e. The Balaban J connectivity index is 1.91. The van der Waals surface area contributed by atoms with E-state index in [1.54, 1.807) is 0 Å². The molecule has 2 saturated heterocycles. The lowest BCUT2D eigenvalue weighted by Crippen LogP contribution is -2.49. The molecule has 2 heteroatoms. The molecule has 0 radical (unpaired) electrons. The fraction of sp³-hybridized carbons (Fsp3) is 1.00. The van der Waals surface area contributed by atoms with E-state index >= 15 is 0 Å². The minimum absolute atomic E-state index is 0.890. The summed E-state index contributed by atoms with van der Waals surface area (Å²) in [6, 6.07) is 1.79. The number of likely N-dealkylation sites (tertiary alicyclic amines) is 1. The summed E-state index contributed by atoms with van der Waals surface area (Å²) in [4.78, 5) is 2.81. The lowest BCUT2D eigenvalue weighted by Gasteiger charge is -2.42. The first kappa shape index (κ1) is 10.4. The predicted octanol–water partition coefficient (Wildman–Crippen LogP) is 2.00. The van der Waals surface area contributed by atoms with Crippen LogP contribution in [0.5, 0.6) is 0 Å². The molecule has 2 aliphatic rings. The lowest BCUT2D eigenvalue weighted by molar-refractivity contribution is 0.0741. The van der Waals surface area contributed by atoms with Crippen molar-refractivity contribution in [2.75, 3.05) is 19.6 Å². The quantitative estimate of drug-likeness (QED) is 0.727. The Labute approximate surface area is 88.1 Å². The first-order valence-corrected chi connectivity index (χ1v) is 6.38. The van der Waals surface area contributed by atoms with Gasteiger partial charge in [-0.25, -0.2) is 0 Å². The number of piperidine rings is 2. The molecule has 0 amide bonds. The Kier molecular flexibility index (Phi) is 3.82. The third-order valence-electron chi connectivity index (χ3n) is 3.92. The summed E-state index contributed by atoms with van der Waals surface area (Å²) in [5.74, 6) is 0. The molecule has 2 fully saturated rings. The zero-order valence-electron chi connectivity index (χ0n) is 9.47. The second kappa shape index (κ2) is 5.13. The highest BCUT2D eigenvalue weighted by molar-refractivity contribution is 4.84. The molecule has 14 heavy (non-hydrogen) atoms. The molecule has 0 saturated carbocycles. The number of hydrogen-bond acceptors (Lipinski definition) is 2. The second-order valence-electron chi connectivity index (χ2n) is 4.78. The van der Waals surface area contributed by atoms with Crippen LogP contribution in [0.15, 0.2) is 0 Å². The average molecular weight is 196 g/mol. The first-order valence-electron chi connectivity index (χ1n) is 6.38. The van der Waals surface area contributed by atoms with Crippen molar-refractivity contribution in [1.82, 2.24) is 10.2 Å². The van der Waals surface area contributed by atoms with Crippen molar-refractivity contribution in [3.05, 3.63) is 0 Å². The number of rotatable bonds is 2. The number of nitrogens with one attached hydrogen (secondary N) is 1. The Morgan fingerprint density at radius 2 is 1.93 bits per heavy atom. The van der Waals surface area contributed by atoms with Crippen molar-refractivity contribution in [3.63, 3.8) is 0 Å². The predicted molar refractivity (Wildman–Crippen MR) is 60.5 cm³/mol. The van der Waals surface area contributed by atoms with Crippen molar-refractivity contribution >= 4 is 0 Å². The van der Waals surface area contributed by atoms with Gasteiger partial charge in [-0.3, -0.25) is 4.90 Å². The summed E-state index contributed by atoms with van der Waals surface area (Å²) in [6.07, 6.45) is 8.43. The van der Waals surface area contributed by atoms with Crippen molar-refractivity contribution in [1.29, 1.82) is 0 Å². The summed E-state index contributed by atoms with van der Waals surface area (Å²) in [7, 11) is 0. The van der Waals surface area contributed by atoms with Crippen LogP contribution in [-0.2, 0) is 0 Å². The second-order valence-corrected chi connectivity index (χ2v) is 4.78. The van der Waals surface area contributed by atoms with Crippen molar-refractivity contribution in [2.45, 2.75) is 57.5 Å². The fourth-order valence-electron chi connectivity index (χ4n) is 3.08. The van der Waals surface area contributed by atoms with E-state index in [2.05, 4.69) is 17.1 Å². The summed E-state index contributed by atoms with van der Waals surface area (Å²) in [5, 5.41) is 3.46. The summed E-state index contributed by atoms with van der Waals surface area (Å²) < 4.78 is 0. The SMILES string of the molecule is CC[C@H]1CCCCN1C1CCNCC1. The van der Waals surface area contributed by atoms with Gasteiger partial charge in [-0.2, -0.15) is 0 Å². The van der Waals surface area contributed by atoms with E-state index in [9.17, 15) is 0 Å². The van der Waals surface area contributed by atoms with E-state index in [0.29, 0.717) is 0 Å². The van der Waals surface area contributed by atoms with Gasteiger partial charge in [0.05, 0.1) is 0 Å². The molecule has 0 aliphatic carbocycles. The third-order valence-corrected chi connectivity index (χ3v) is 3.92. The molecular formula is C12H24N2. The van der Waals surface area contributed by atoms with Crippen LogP contribution in [0.3, 0.4) is 0 Å². The molecule has 2 rings (SSSR count). The smallest absolute Gasteiger partial charge is 0.0122 e. The highest BCUT2D eigenvalue weighted by Gasteiger charge is 2.28. The lowest BCUT2D eigenvalue weighted by atomic mass is 9.94. The molecule has 0 unspecified atom stereocenters. The van der Waals surface area contributed by atoms with Crippen molar-refractivity contribution in [3.8, 4) is 0 Å². The van der Waals surface area contributed by atoms with E-state index < -0.39 is 0 Å². The van der Waals surface area contributed by atoms with Crippen LogP contribution in [0.1, 0.15) is 45.4 Å². The molecule has 0 aromatic heterocycles. The zero-order valence-corrected chi connectivity index (χ0v) is 9.47. The molecule has 2 nitrogen and oxygen atoms in total. The molecule has 2 heterocycles. The monoisotopic (exact) mass is 196 g/mol. The largest absolute Gasteiger partial charge is 0.317 e. The normalized spacial score (nSPS) is 31.9. The topological polar surface area (TPSA) is 15.3 Å². The van der Waals surface area contributed by atoms with Gasteiger partial charge in [-0.1, -0.05) is 13.3 Å². The van der Waals surface area contributed by atoms with Gasteiger partial charge in [0.25, 0.3) is 0 Å². The Morgan fingerprint density at radius 3 is 2.64 bits per heavy atom. The molecule has 82 valence electrons. The molecule has 0 aromatic rings. The van der Waals surface area contributed by atoms with E-state index in [1.807, 2.05) is 0 Å². The highest BCUT2D eigenvalue weighted by Crippen LogP contribution is 2.25. The van der Waals surface area contributed by atoms with E-state index in [-0.39, 0.29) is 0 Å². The van der Waals surface area contributed by atoms with Crippen LogP contribution in [0, 0.1) is 0 Å².